The molecular formula is C14H15BrN2O2. The first kappa shape index (κ1) is 13.8. The first-order valence-corrected chi connectivity index (χ1v) is 6.89. The molecule has 1 aromatic heterocycles. The SMILES string of the molecule is CCCOc1ccccc1Oc1cc(Br)nc(C)n1. The van der Waals surface area contributed by atoms with E-state index in [2.05, 4.69) is 32.8 Å². The average Bonchev–Trinajstić information content (AvgIpc) is 2.36. The van der Waals surface area contributed by atoms with Crippen LogP contribution in [0.15, 0.2) is 34.9 Å². The zero-order chi connectivity index (χ0) is 13.7. The summed E-state index contributed by atoms with van der Waals surface area (Å²) in [4.78, 5) is 8.37. The van der Waals surface area contributed by atoms with E-state index in [1.807, 2.05) is 31.2 Å². The van der Waals surface area contributed by atoms with Crippen molar-refractivity contribution in [2.45, 2.75) is 20.3 Å². The predicted octanol–water partition coefficient (Wildman–Crippen LogP) is 4.13. The van der Waals surface area contributed by atoms with Gasteiger partial charge >= 0.3 is 0 Å². The molecule has 0 amide bonds. The van der Waals surface area contributed by atoms with Crippen molar-refractivity contribution in [3.8, 4) is 17.4 Å². The maximum atomic E-state index is 5.76. The maximum Gasteiger partial charge on any atom is 0.223 e. The molecule has 1 heterocycles. The number of hydrogen-bond acceptors (Lipinski definition) is 4. The molecule has 0 aliphatic heterocycles. The van der Waals surface area contributed by atoms with Crippen LogP contribution in [0.25, 0.3) is 0 Å². The molecule has 0 saturated heterocycles. The second kappa shape index (κ2) is 6.52. The standard InChI is InChI=1S/C14H15BrN2O2/c1-3-8-18-11-6-4-5-7-12(11)19-14-9-13(15)16-10(2)17-14/h4-7,9H,3,8H2,1-2H3. The number of benzene rings is 1. The Bertz CT molecular complexity index is 541. The van der Waals surface area contributed by atoms with Crippen LogP contribution >= 0.6 is 15.9 Å². The maximum absolute atomic E-state index is 5.76. The van der Waals surface area contributed by atoms with Crippen LogP contribution < -0.4 is 9.47 Å². The molecule has 0 bridgehead atoms. The molecule has 2 aromatic rings. The van der Waals surface area contributed by atoms with Gasteiger partial charge in [-0.3, -0.25) is 0 Å². The molecule has 0 saturated carbocycles. The number of halogens is 1. The summed E-state index contributed by atoms with van der Waals surface area (Å²) < 4.78 is 12.1. The van der Waals surface area contributed by atoms with Gasteiger partial charge in [-0.2, -0.15) is 4.98 Å². The van der Waals surface area contributed by atoms with E-state index >= 15 is 0 Å². The van der Waals surface area contributed by atoms with E-state index in [-0.39, 0.29) is 0 Å². The largest absolute Gasteiger partial charge is 0.490 e. The summed E-state index contributed by atoms with van der Waals surface area (Å²) in [5.41, 5.74) is 0. The molecule has 0 atom stereocenters. The number of aromatic nitrogens is 2. The van der Waals surface area contributed by atoms with Gasteiger partial charge in [0.05, 0.1) is 6.61 Å². The Morgan fingerprint density at radius 1 is 1.16 bits per heavy atom. The quantitative estimate of drug-likeness (QED) is 0.776. The van der Waals surface area contributed by atoms with Gasteiger partial charge in [0.1, 0.15) is 10.4 Å². The third-order valence-corrected chi connectivity index (χ3v) is 2.71. The van der Waals surface area contributed by atoms with Crippen molar-refractivity contribution in [1.29, 1.82) is 0 Å². The Morgan fingerprint density at radius 3 is 2.58 bits per heavy atom. The van der Waals surface area contributed by atoms with E-state index in [9.17, 15) is 0 Å². The molecular weight excluding hydrogens is 308 g/mol. The van der Waals surface area contributed by atoms with Crippen LogP contribution in [0.5, 0.6) is 17.4 Å². The monoisotopic (exact) mass is 322 g/mol. The Balaban J connectivity index is 2.22. The van der Waals surface area contributed by atoms with Crippen LogP contribution in [-0.4, -0.2) is 16.6 Å². The highest BCUT2D eigenvalue weighted by molar-refractivity contribution is 9.10. The normalized spacial score (nSPS) is 10.3. The Labute approximate surface area is 120 Å². The lowest BCUT2D eigenvalue weighted by Crippen LogP contribution is -1.98. The lowest BCUT2D eigenvalue weighted by Gasteiger charge is -2.11. The summed E-state index contributed by atoms with van der Waals surface area (Å²) >= 11 is 3.32. The van der Waals surface area contributed by atoms with Crippen molar-refractivity contribution >= 4 is 15.9 Å². The fourth-order valence-corrected chi connectivity index (χ4v) is 1.99. The van der Waals surface area contributed by atoms with Crippen molar-refractivity contribution in [2.75, 3.05) is 6.61 Å². The first-order chi connectivity index (χ1) is 9.19. The minimum Gasteiger partial charge on any atom is -0.490 e. The lowest BCUT2D eigenvalue weighted by molar-refractivity contribution is 0.300. The van der Waals surface area contributed by atoms with Gasteiger partial charge in [0.15, 0.2) is 11.5 Å². The van der Waals surface area contributed by atoms with Crippen molar-refractivity contribution < 1.29 is 9.47 Å². The molecule has 1 aromatic carbocycles. The van der Waals surface area contributed by atoms with Crippen LogP contribution in [0.3, 0.4) is 0 Å². The van der Waals surface area contributed by atoms with Gasteiger partial charge in [-0.15, -0.1) is 0 Å². The zero-order valence-electron chi connectivity index (χ0n) is 10.9. The second-order valence-electron chi connectivity index (χ2n) is 3.97. The van der Waals surface area contributed by atoms with Crippen molar-refractivity contribution in [3.05, 3.63) is 40.8 Å². The van der Waals surface area contributed by atoms with E-state index in [0.29, 0.717) is 28.7 Å². The van der Waals surface area contributed by atoms with E-state index in [4.69, 9.17) is 9.47 Å². The Kier molecular flexibility index (Phi) is 4.74. The van der Waals surface area contributed by atoms with Crippen molar-refractivity contribution in [3.63, 3.8) is 0 Å². The summed E-state index contributed by atoms with van der Waals surface area (Å²) in [6.07, 6.45) is 0.951. The number of aryl methyl sites for hydroxylation is 1. The minimum absolute atomic E-state index is 0.493. The third-order valence-electron chi connectivity index (χ3n) is 2.31. The molecule has 0 spiro atoms. The van der Waals surface area contributed by atoms with Crippen LogP contribution in [0.4, 0.5) is 0 Å². The summed E-state index contributed by atoms with van der Waals surface area (Å²) in [6.45, 7) is 4.54. The van der Waals surface area contributed by atoms with Crippen LogP contribution in [-0.2, 0) is 0 Å². The van der Waals surface area contributed by atoms with Gasteiger partial charge in [-0.1, -0.05) is 19.1 Å². The molecule has 100 valence electrons. The molecule has 2 rings (SSSR count). The van der Waals surface area contributed by atoms with Crippen LogP contribution in [0.1, 0.15) is 19.2 Å². The first-order valence-electron chi connectivity index (χ1n) is 6.10. The highest BCUT2D eigenvalue weighted by Gasteiger charge is 2.07. The highest BCUT2D eigenvalue weighted by atomic mass is 79.9. The van der Waals surface area contributed by atoms with Crippen LogP contribution in [0, 0.1) is 6.92 Å². The van der Waals surface area contributed by atoms with E-state index in [1.165, 1.54) is 0 Å². The highest BCUT2D eigenvalue weighted by Crippen LogP contribution is 2.31. The minimum atomic E-state index is 0.493. The predicted molar refractivity (Wildman–Crippen MR) is 76.8 cm³/mol. The molecule has 0 aliphatic rings. The van der Waals surface area contributed by atoms with E-state index in [1.54, 1.807) is 6.07 Å². The molecule has 19 heavy (non-hydrogen) atoms. The van der Waals surface area contributed by atoms with E-state index < -0.39 is 0 Å². The van der Waals surface area contributed by atoms with Gasteiger partial charge in [-0.05, 0) is 41.4 Å². The summed E-state index contributed by atoms with van der Waals surface area (Å²) in [7, 11) is 0. The third kappa shape index (κ3) is 3.92. The number of para-hydroxylation sites is 2. The fraction of sp³-hybridized carbons (Fsp3) is 0.286. The summed E-state index contributed by atoms with van der Waals surface area (Å²) in [6, 6.07) is 9.28. The summed E-state index contributed by atoms with van der Waals surface area (Å²) in [5.74, 6) is 2.51. The number of ether oxygens (including phenoxy) is 2. The summed E-state index contributed by atoms with van der Waals surface area (Å²) in [5, 5.41) is 0. The van der Waals surface area contributed by atoms with Crippen molar-refractivity contribution in [2.24, 2.45) is 0 Å². The molecule has 0 radical (unpaired) electrons. The van der Waals surface area contributed by atoms with E-state index in [0.717, 1.165) is 12.2 Å². The van der Waals surface area contributed by atoms with Gasteiger partial charge < -0.3 is 9.47 Å². The smallest absolute Gasteiger partial charge is 0.223 e. The number of rotatable bonds is 5. The molecule has 5 heteroatoms. The van der Waals surface area contributed by atoms with Gasteiger partial charge in [0.2, 0.25) is 5.88 Å². The topological polar surface area (TPSA) is 44.2 Å². The molecule has 4 nitrogen and oxygen atoms in total. The lowest BCUT2D eigenvalue weighted by atomic mass is 10.3. The fourth-order valence-electron chi connectivity index (χ4n) is 1.54. The van der Waals surface area contributed by atoms with Crippen molar-refractivity contribution in [1.82, 2.24) is 9.97 Å². The molecule has 0 fully saturated rings. The Morgan fingerprint density at radius 2 is 1.89 bits per heavy atom. The second-order valence-corrected chi connectivity index (χ2v) is 4.79. The van der Waals surface area contributed by atoms with Gasteiger partial charge in [0, 0.05) is 6.07 Å². The average molecular weight is 323 g/mol. The molecule has 0 N–H and O–H groups in total. The van der Waals surface area contributed by atoms with Crippen LogP contribution in [0.2, 0.25) is 0 Å². The zero-order valence-corrected chi connectivity index (χ0v) is 12.5. The molecule has 0 unspecified atom stereocenters. The number of hydrogen-bond donors (Lipinski definition) is 0. The van der Waals surface area contributed by atoms with Gasteiger partial charge in [0.25, 0.3) is 0 Å². The Hall–Kier alpha value is -1.62. The van der Waals surface area contributed by atoms with Gasteiger partial charge in [-0.25, -0.2) is 4.98 Å². The number of nitrogens with zero attached hydrogens (tertiary/aromatic N) is 2. The molecule has 0 aliphatic carbocycles.